The van der Waals surface area contributed by atoms with E-state index in [1.807, 2.05) is 0 Å². The molecule has 11 heteroatoms. The average Bonchev–Trinajstić information content (AvgIpc) is 3.16. The summed E-state index contributed by atoms with van der Waals surface area (Å²) in [4.78, 5) is 12.2. The number of amides is 1. The number of nitrogens with one attached hydrogen (secondary N) is 1. The van der Waals surface area contributed by atoms with Crippen LogP contribution in [0.1, 0.15) is 23.4 Å². The van der Waals surface area contributed by atoms with Gasteiger partial charge in [-0.3, -0.25) is 14.2 Å². The van der Waals surface area contributed by atoms with Crippen molar-refractivity contribution in [2.45, 2.75) is 26.4 Å². The van der Waals surface area contributed by atoms with Gasteiger partial charge in [0.15, 0.2) is 0 Å². The number of benzene rings is 1. The molecule has 0 aliphatic carbocycles. The zero-order chi connectivity index (χ0) is 20.4. The van der Waals surface area contributed by atoms with Gasteiger partial charge in [0.25, 0.3) is 6.43 Å². The molecule has 6 nitrogen and oxygen atoms in total. The first kappa shape index (κ1) is 20.2. The highest BCUT2D eigenvalue weighted by atomic mass is 35.5. The summed E-state index contributed by atoms with van der Waals surface area (Å²) in [6, 6.07) is 4.04. The van der Waals surface area contributed by atoms with E-state index in [1.54, 1.807) is 12.3 Å². The first-order chi connectivity index (χ1) is 13.2. The van der Waals surface area contributed by atoms with Gasteiger partial charge >= 0.3 is 0 Å². The molecule has 0 aliphatic heterocycles. The van der Waals surface area contributed by atoms with Crippen LogP contribution < -0.4 is 5.32 Å². The van der Waals surface area contributed by atoms with Gasteiger partial charge in [-0.05, 0) is 24.6 Å². The van der Waals surface area contributed by atoms with E-state index in [0.29, 0.717) is 11.3 Å². The molecule has 3 rings (SSSR count). The maximum Gasteiger partial charge on any atom is 0.283 e. The Labute approximate surface area is 167 Å². The summed E-state index contributed by atoms with van der Waals surface area (Å²) in [7, 11) is 0. The van der Waals surface area contributed by atoms with Crippen molar-refractivity contribution in [1.82, 2.24) is 19.6 Å². The highest BCUT2D eigenvalue weighted by Crippen LogP contribution is 2.28. The molecule has 0 atom stereocenters. The number of nitrogens with zero attached hydrogens (tertiary/aromatic N) is 4. The topological polar surface area (TPSA) is 64.7 Å². The normalized spacial score (nSPS) is 11.2. The summed E-state index contributed by atoms with van der Waals surface area (Å²) in [5.74, 6) is -0.923. The Bertz CT molecular complexity index is 1020. The van der Waals surface area contributed by atoms with Gasteiger partial charge in [-0.15, -0.1) is 0 Å². The second kappa shape index (κ2) is 8.24. The van der Waals surface area contributed by atoms with Crippen LogP contribution in [0.2, 0.25) is 10.0 Å². The van der Waals surface area contributed by atoms with Gasteiger partial charge < -0.3 is 5.32 Å². The molecule has 0 spiro atoms. The van der Waals surface area contributed by atoms with E-state index in [1.165, 1.54) is 29.9 Å². The van der Waals surface area contributed by atoms with Crippen LogP contribution in [0.3, 0.4) is 0 Å². The molecule has 2 aromatic heterocycles. The first-order valence-corrected chi connectivity index (χ1v) is 8.77. The van der Waals surface area contributed by atoms with Crippen LogP contribution >= 0.6 is 23.2 Å². The zero-order valence-corrected chi connectivity index (χ0v) is 16.0. The number of halogens is 5. The van der Waals surface area contributed by atoms with Crippen LogP contribution in [0.15, 0.2) is 30.6 Å². The number of anilines is 1. The third-order valence-corrected chi connectivity index (χ3v) is 4.74. The summed E-state index contributed by atoms with van der Waals surface area (Å²) >= 11 is 11.8. The maximum absolute atomic E-state index is 13.1. The van der Waals surface area contributed by atoms with E-state index < -0.39 is 23.8 Å². The number of hydrogen-bond acceptors (Lipinski definition) is 3. The Hall–Kier alpha value is -2.52. The Morgan fingerprint density at radius 2 is 2.07 bits per heavy atom. The molecular weight excluding hydrogens is 418 g/mol. The standard InChI is InChI=1S/C17H14Cl2F3N5O/c1-9-15(19)16(17(21)22)25-27(9)8-14(28)24-12-5-23-26(7-12)6-10-2-3-11(20)4-13(10)18/h2-5,7,17H,6,8H2,1H3,(H,24,28). The quantitative estimate of drug-likeness (QED) is 0.626. The molecule has 3 aromatic rings. The number of carbonyl (C=O) groups is 1. The van der Waals surface area contributed by atoms with Crippen LogP contribution in [-0.2, 0) is 17.9 Å². The van der Waals surface area contributed by atoms with E-state index >= 15 is 0 Å². The molecular formula is C17H14Cl2F3N5O. The molecule has 0 saturated heterocycles. The molecule has 0 fully saturated rings. The second-order valence-electron chi connectivity index (χ2n) is 5.95. The van der Waals surface area contributed by atoms with E-state index in [2.05, 4.69) is 15.5 Å². The van der Waals surface area contributed by atoms with Crippen molar-refractivity contribution >= 4 is 34.8 Å². The van der Waals surface area contributed by atoms with Gasteiger partial charge in [0.2, 0.25) is 5.91 Å². The van der Waals surface area contributed by atoms with E-state index in [9.17, 15) is 18.0 Å². The first-order valence-electron chi connectivity index (χ1n) is 8.01. The molecule has 148 valence electrons. The summed E-state index contributed by atoms with van der Waals surface area (Å²) in [6.07, 6.45) is 0.153. The second-order valence-corrected chi connectivity index (χ2v) is 6.74. The van der Waals surface area contributed by atoms with Crippen LogP contribution in [0.5, 0.6) is 0 Å². The van der Waals surface area contributed by atoms with Crippen LogP contribution in [-0.4, -0.2) is 25.5 Å². The number of carbonyl (C=O) groups excluding carboxylic acids is 1. The van der Waals surface area contributed by atoms with Crippen molar-refractivity contribution in [3.63, 3.8) is 0 Å². The predicted molar refractivity (Wildman–Crippen MR) is 98.3 cm³/mol. The molecule has 0 radical (unpaired) electrons. The number of hydrogen-bond donors (Lipinski definition) is 1. The number of rotatable bonds is 6. The molecule has 0 saturated carbocycles. The lowest BCUT2D eigenvalue weighted by Gasteiger charge is -2.06. The monoisotopic (exact) mass is 431 g/mol. The van der Waals surface area contributed by atoms with Gasteiger partial charge in [0, 0.05) is 11.2 Å². The molecule has 0 aliphatic rings. The van der Waals surface area contributed by atoms with Crippen LogP contribution in [0, 0.1) is 12.7 Å². The highest BCUT2D eigenvalue weighted by Gasteiger charge is 2.21. The molecule has 2 heterocycles. The van der Waals surface area contributed by atoms with Crippen molar-refractivity contribution in [2.75, 3.05) is 5.32 Å². The van der Waals surface area contributed by atoms with E-state index in [-0.39, 0.29) is 28.8 Å². The Morgan fingerprint density at radius 1 is 1.32 bits per heavy atom. The molecule has 1 amide bonds. The Balaban J connectivity index is 1.65. The fraction of sp³-hybridized carbons (Fsp3) is 0.235. The highest BCUT2D eigenvalue weighted by molar-refractivity contribution is 6.32. The van der Waals surface area contributed by atoms with Crippen molar-refractivity contribution in [2.24, 2.45) is 0 Å². The van der Waals surface area contributed by atoms with Gasteiger partial charge in [0.05, 0.1) is 29.1 Å². The minimum absolute atomic E-state index is 0.160. The maximum atomic E-state index is 13.1. The van der Waals surface area contributed by atoms with Gasteiger partial charge in [-0.1, -0.05) is 29.3 Å². The third-order valence-electron chi connectivity index (χ3n) is 3.92. The largest absolute Gasteiger partial charge is 0.322 e. The lowest BCUT2D eigenvalue weighted by Crippen LogP contribution is -2.20. The van der Waals surface area contributed by atoms with E-state index in [4.69, 9.17) is 23.2 Å². The van der Waals surface area contributed by atoms with Gasteiger partial charge in [-0.25, -0.2) is 13.2 Å². The lowest BCUT2D eigenvalue weighted by molar-refractivity contribution is -0.117. The Kier molecular flexibility index (Phi) is 5.95. The fourth-order valence-electron chi connectivity index (χ4n) is 2.52. The van der Waals surface area contributed by atoms with Crippen molar-refractivity contribution in [3.8, 4) is 0 Å². The van der Waals surface area contributed by atoms with Crippen molar-refractivity contribution in [1.29, 1.82) is 0 Å². The smallest absolute Gasteiger partial charge is 0.283 e. The molecule has 0 unspecified atom stereocenters. The molecule has 1 aromatic carbocycles. The third kappa shape index (κ3) is 4.48. The summed E-state index contributed by atoms with van der Waals surface area (Å²) < 4.78 is 41.4. The van der Waals surface area contributed by atoms with Gasteiger partial charge in [0.1, 0.15) is 18.1 Å². The SMILES string of the molecule is Cc1c(Cl)c(C(F)F)nn1CC(=O)Nc1cnn(Cc2ccc(F)cc2Cl)c1. The summed E-state index contributed by atoms with van der Waals surface area (Å²) in [5.41, 5.74) is 0.767. The van der Waals surface area contributed by atoms with Crippen molar-refractivity contribution < 1.29 is 18.0 Å². The minimum Gasteiger partial charge on any atom is -0.322 e. The average molecular weight is 432 g/mol. The molecule has 0 bridgehead atoms. The Morgan fingerprint density at radius 3 is 2.71 bits per heavy atom. The van der Waals surface area contributed by atoms with Crippen LogP contribution in [0.4, 0.5) is 18.9 Å². The predicted octanol–water partition coefficient (Wildman–Crippen LogP) is 4.46. The van der Waals surface area contributed by atoms with Crippen molar-refractivity contribution in [3.05, 3.63) is 63.4 Å². The lowest BCUT2D eigenvalue weighted by atomic mass is 10.2. The number of aromatic nitrogens is 4. The van der Waals surface area contributed by atoms with Gasteiger partial charge in [-0.2, -0.15) is 10.2 Å². The summed E-state index contributed by atoms with van der Waals surface area (Å²) in [6.45, 7) is 1.49. The minimum atomic E-state index is -2.83. The molecule has 28 heavy (non-hydrogen) atoms. The zero-order valence-electron chi connectivity index (χ0n) is 14.5. The summed E-state index contributed by atoms with van der Waals surface area (Å²) in [5, 5.41) is 10.5. The fourth-order valence-corrected chi connectivity index (χ4v) is 2.96. The molecule has 1 N–H and O–H groups in total. The van der Waals surface area contributed by atoms with Crippen LogP contribution in [0.25, 0.3) is 0 Å². The number of alkyl halides is 2. The van der Waals surface area contributed by atoms with E-state index in [0.717, 1.165) is 4.68 Å².